The zero-order valence-electron chi connectivity index (χ0n) is 14.0. The third kappa shape index (κ3) is 3.17. The van der Waals surface area contributed by atoms with Crippen LogP contribution in [0, 0.1) is 11.3 Å². The molecular weight excluding hydrogens is 290 g/mol. The van der Waals surface area contributed by atoms with E-state index in [4.69, 9.17) is 0 Å². The lowest BCUT2D eigenvalue weighted by molar-refractivity contribution is 0.208. The van der Waals surface area contributed by atoms with Gasteiger partial charge in [0, 0.05) is 12.8 Å². The van der Waals surface area contributed by atoms with Gasteiger partial charge in [-0.25, -0.2) is 0 Å². The van der Waals surface area contributed by atoms with Gasteiger partial charge in [0.1, 0.15) is 0 Å². The average Bonchev–Trinajstić information content (AvgIpc) is 2.82. The Balaban J connectivity index is 1.80. The second-order valence-electron chi connectivity index (χ2n) is 7.32. The Bertz CT molecular complexity index is 748. The number of rotatable bonds is 1. The molecule has 1 fully saturated rings. The summed E-state index contributed by atoms with van der Waals surface area (Å²) in [6.45, 7) is 7.05. The molecule has 1 aliphatic carbocycles. The third-order valence-electron chi connectivity index (χ3n) is 4.78. The molecule has 0 atom stereocenters. The van der Waals surface area contributed by atoms with E-state index in [9.17, 15) is 0 Å². The van der Waals surface area contributed by atoms with Crippen LogP contribution in [0.15, 0.2) is 34.5 Å². The number of nitrogens with zero attached hydrogens (tertiary/aromatic N) is 3. The Morgan fingerprint density at radius 3 is 2.41 bits per heavy atom. The monoisotopic (exact) mass is 315 g/mol. The van der Waals surface area contributed by atoms with Crippen LogP contribution in [0.2, 0.25) is 0 Å². The molecule has 4 heteroatoms. The lowest BCUT2D eigenvalue weighted by atomic mass is 9.72. The molecule has 1 aliphatic rings. The fraction of sp³-hybridized carbons (Fsp3) is 0.556. The first kappa shape index (κ1) is 15.5. The zero-order valence-corrected chi connectivity index (χ0v) is 14.8. The van der Waals surface area contributed by atoms with Crippen LogP contribution in [-0.2, 0) is 7.05 Å². The van der Waals surface area contributed by atoms with Gasteiger partial charge in [-0.3, -0.25) is 0 Å². The van der Waals surface area contributed by atoms with Crippen molar-refractivity contribution in [2.24, 2.45) is 28.6 Å². The van der Waals surface area contributed by atoms with Gasteiger partial charge in [-0.1, -0.05) is 44.2 Å². The van der Waals surface area contributed by atoms with Crippen molar-refractivity contribution >= 4 is 27.3 Å². The Hall–Kier alpha value is -1.42. The summed E-state index contributed by atoms with van der Waals surface area (Å²) in [4.78, 5) is 0.978. The molecule has 22 heavy (non-hydrogen) atoms. The SMILES string of the molecule is Cn1/c(=N\N=C2CCC(C(C)(C)C)CC2)sc2ccccc21. The standard InChI is InChI=1S/C18H25N3S/c1-18(2,3)13-9-11-14(12-10-13)19-20-17-21(4)15-7-5-6-8-16(15)22-17/h5-8,13H,9-12H2,1-4H3/b19-14?,20-17+. The minimum absolute atomic E-state index is 0.417. The van der Waals surface area contributed by atoms with E-state index >= 15 is 0 Å². The molecule has 3 nitrogen and oxygen atoms in total. The maximum atomic E-state index is 4.56. The van der Waals surface area contributed by atoms with Crippen LogP contribution in [0.4, 0.5) is 0 Å². The van der Waals surface area contributed by atoms with Gasteiger partial charge < -0.3 is 4.57 Å². The summed E-state index contributed by atoms with van der Waals surface area (Å²) in [6, 6.07) is 8.41. The molecule has 1 heterocycles. The Labute approximate surface area is 136 Å². The summed E-state index contributed by atoms with van der Waals surface area (Å²) >= 11 is 1.71. The van der Waals surface area contributed by atoms with Crippen LogP contribution in [0.5, 0.6) is 0 Å². The van der Waals surface area contributed by atoms with Crippen molar-refractivity contribution in [3.63, 3.8) is 0 Å². The van der Waals surface area contributed by atoms with Gasteiger partial charge in [0.25, 0.3) is 0 Å². The number of benzene rings is 1. The molecule has 0 radical (unpaired) electrons. The molecule has 0 spiro atoms. The molecule has 0 bridgehead atoms. The van der Waals surface area contributed by atoms with E-state index in [0.717, 1.165) is 23.6 Å². The van der Waals surface area contributed by atoms with Crippen LogP contribution in [0.1, 0.15) is 46.5 Å². The number of aryl methyl sites for hydroxylation is 1. The van der Waals surface area contributed by atoms with E-state index < -0.39 is 0 Å². The number of hydrogen-bond acceptors (Lipinski definition) is 3. The van der Waals surface area contributed by atoms with E-state index in [2.05, 4.69) is 66.9 Å². The third-order valence-corrected chi connectivity index (χ3v) is 5.88. The minimum Gasteiger partial charge on any atom is -0.318 e. The number of fused-ring (bicyclic) bond motifs is 1. The quantitative estimate of drug-likeness (QED) is 0.681. The smallest absolute Gasteiger partial charge is 0.211 e. The largest absolute Gasteiger partial charge is 0.318 e. The average molecular weight is 315 g/mol. The molecule has 1 aromatic heterocycles. The molecule has 0 amide bonds. The highest BCUT2D eigenvalue weighted by atomic mass is 32.1. The Morgan fingerprint density at radius 1 is 1.09 bits per heavy atom. The maximum Gasteiger partial charge on any atom is 0.211 e. The van der Waals surface area contributed by atoms with E-state index in [1.807, 2.05) is 0 Å². The van der Waals surface area contributed by atoms with Gasteiger partial charge in [-0.05, 0) is 49.1 Å². The van der Waals surface area contributed by atoms with Crippen molar-refractivity contribution in [3.8, 4) is 0 Å². The second kappa shape index (κ2) is 5.99. The normalized spacial score (nSPS) is 20.6. The summed E-state index contributed by atoms with van der Waals surface area (Å²) in [6.07, 6.45) is 4.69. The lowest BCUT2D eigenvalue weighted by Gasteiger charge is -2.34. The fourth-order valence-corrected chi connectivity index (χ4v) is 4.18. The van der Waals surface area contributed by atoms with Crippen molar-refractivity contribution < 1.29 is 0 Å². The summed E-state index contributed by atoms with van der Waals surface area (Å²) in [5.41, 5.74) is 2.90. The predicted molar refractivity (Wildman–Crippen MR) is 95.2 cm³/mol. The predicted octanol–water partition coefficient (Wildman–Crippen LogP) is 4.73. The molecule has 0 saturated heterocycles. The first-order valence-corrected chi connectivity index (χ1v) is 8.91. The highest BCUT2D eigenvalue weighted by molar-refractivity contribution is 7.16. The Morgan fingerprint density at radius 2 is 1.77 bits per heavy atom. The van der Waals surface area contributed by atoms with E-state index in [-0.39, 0.29) is 0 Å². The Kier molecular flexibility index (Phi) is 4.22. The number of aromatic nitrogens is 1. The summed E-state index contributed by atoms with van der Waals surface area (Å²) in [5, 5.41) is 9.08. The number of para-hydroxylation sites is 1. The maximum absolute atomic E-state index is 4.56. The molecule has 1 aromatic carbocycles. The molecule has 0 aliphatic heterocycles. The van der Waals surface area contributed by atoms with Gasteiger partial charge in [-0.15, -0.1) is 5.10 Å². The van der Waals surface area contributed by atoms with Crippen LogP contribution < -0.4 is 4.80 Å². The highest BCUT2D eigenvalue weighted by Gasteiger charge is 2.27. The molecule has 3 rings (SSSR count). The topological polar surface area (TPSA) is 29.6 Å². The number of hydrogen-bond donors (Lipinski definition) is 0. The molecule has 0 N–H and O–H groups in total. The molecular formula is C18H25N3S. The van der Waals surface area contributed by atoms with Crippen molar-refractivity contribution in [1.82, 2.24) is 4.57 Å². The van der Waals surface area contributed by atoms with E-state index in [1.165, 1.54) is 28.8 Å². The summed E-state index contributed by atoms with van der Waals surface area (Å²) < 4.78 is 3.39. The van der Waals surface area contributed by atoms with Crippen molar-refractivity contribution in [2.75, 3.05) is 0 Å². The highest BCUT2D eigenvalue weighted by Crippen LogP contribution is 2.36. The number of thiazole rings is 1. The van der Waals surface area contributed by atoms with Gasteiger partial charge in [-0.2, -0.15) is 5.10 Å². The first-order chi connectivity index (χ1) is 10.4. The van der Waals surface area contributed by atoms with Crippen LogP contribution >= 0.6 is 11.3 Å². The molecule has 2 aromatic rings. The first-order valence-electron chi connectivity index (χ1n) is 8.09. The van der Waals surface area contributed by atoms with Crippen molar-refractivity contribution in [1.29, 1.82) is 0 Å². The second-order valence-corrected chi connectivity index (χ2v) is 8.33. The molecule has 118 valence electrons. The van der Waals surface area contributed by atoms with Gasteiger partial charge in [0.15, 0.2) is 0 Å². The van der Waals surface area contributed by atoms with Crippen molar-refractivity contribution in [3.05, 3.63) is 29.1 Å². The van der Waals surface area contributed by atoms with Crippen LogP contribution in [-0.4, -0.2) is 10.3 Å². The lowest BCUT2D eigenvalue weighted by Crippen LogP contribution is -2.25. The van der Waals surface area contributed by atoms with Crippen molar-refractivity contribution in [2.45, 2.75) is 46.5 Å². The van der Waals surface area contributed by atoms with Gasteiger partial charge in [0.05, 0.1) is 10.2 Å². The van der Waals surface area contributed by atoms with E-state index in [0.29, 0.717) is 5.41 Å². The zero-order chi connectivity index (χ0) is 15.7. The minimum atomic E-state index is 0.417. The van der Waals surface area contributed by atoms with E-state index in [1.54, 1.807) is 11.3 Å². The fourth-order valence-electron chi connectivity index (χ4n) is 3.21. The molecule has 1 saturated carbocycles. The summed E-state index contributed by atoms with van der Waals surface area (Å²) in [7, 11) is 2.06. The van der Waals surface area contributed by atoms with Gasteiger partial charge >= 0.3 is 0 Å². The van der Waals surface area contributed by atoms with Crippen LogP contribution in [0.3, 0.4) is 0 Å². The van der Waals surface area contributed by atoms with Gasteiger partial charge in [0.2, 0.25) is 4.80 Å². The summed E-state index contributed by atoms with van der Waals surface area (Å²) in [5.74, 6) is 0.812. The van der Waals surface area contributed by atoms with Crippen LogP contribution in [0.25, 0.3) is 10.2 Å². The molecule has 0 unspecified atom stereocenters.